The fourth-order valence-electron chi connectivity index (χ4n) is 2.42. The van der Waals surface area contributed by atoms with E-state index in [0.29, 0.717) is 13.2 Å². The monoisotopic (exact) mass is 322 g/mol. The van der Waals surface area contributed by atoms with Crippen LogP contribution in [0.25, 0.3) is 10.6 Å². The largest absolute Gasteiger partial charge is 0.375 e. The smallest absolute Gasteiger partial charge is 0.266 e. The summed E-state index contributed by atoms with van der Waals surface area (Å²) in [5.41, 5.74) is 1.91. The van der Waals surface area contributed by atoms with Crippen LogP contribution in [0.5, 0.6) is 0 Å². The highest BCUT2D eigenvalue weighted by molar-refractivity contribution is 7.17. The Bertz CT molecular complexity index is 636. The molecule has 0 saturated carbocycles. The molecule has 1 amide bonds. The summed E-state index contributed by atoms with van der Waals surface area (Å²) < 4.78 is 5.60. The second-order valence-corrected chi connectivity index (χ2v) is 7.18. The molecular formula is C15H18N2O2S2. The Morgan fingerprint density at radius 1 is 1.48 bits per heavy atom. The molecule has 2 atom stereocenters. The van der Waals surface area contributed by atoms with Crippen molar-refractivity contribution in [2.45, 2.75) is 32.9 Å². The highest BCUT2D eigenvalue weighted by atomic mass is 32.1. The lowest BCUT2D eigenvalue weighted by Gasteiger charge is -2.36. The van der Waals surface area contributed by atoms with Crippen LogP contribution in [0.1, 0.15) is 29.2 Å². The number of nitrogens with zero attached hydrogens (tertiary/aromatic N) is 2. The number of aromatic nitrogens is 1. The van der Waals surface area contributed by atoms with Gasteiger partial charge in [0.2, 0.25) is 0 Å². The molecule has 1 aliphatic rings. The van der Waals surface area contributed by atoms with Gasteiger partial charge in [-0.3, -0.25) is 4.79 Å². The Morgan fingerprint density at radius 2 is 2.29 bits per heavy atom. The summed E-state index contributed by atoms with van der Waals surface area (Å²) in [6.45, 7) is 7.18. The quantitative estimate of drug-likeness (QED) is 0.851. The maximum atomic E-state index is 12.8. The number of rotatable bonds is 2. The van der Waals surface area contributed by atoms with E-state index in [4.69, 9.17) is 4.74 Å². The van der Waals surface area contributed by atoms with E-state index in [-0.39, 0.29) is 18.1 Å². The van der Waals surface area contributed by atoms with Gasteiger partial charge in [-0.1, -0.05) is 0 Å². The van der Waals surface area contributed by atoms with Crippen LogP contribution in [0.2, 0.25) is 0 Å². The van der Waals surface area contributed by atoms with Gasteiger partial charge in [-0.25, -0.2) is 4.98 Å². The molecule has 0 spiro atoms. The average Bonchev–Trinajstić information content (AvgIpc) is 3.09. The predicted octanol–water partition coefficient (Wildman–Crippen LogP) is 3.43. The highest BCUT2D eigenvalue weighted by Crippen LogP contribution is 2.31. The fraction of sp³-hybridized carbons (Fsp3) is 0.467. The third-order valence-corrected chi connectivity index (χ3v) is 5.51. The molecule has 0 aromatic carbocycles. The van der Waals surface area contributed by atoms with Crippen LogP contribution < -0.4 is 0 Å². The van der Waals surface area contributed by atoms with Gasteiger partial charge < -0.3 is 9.64 Å². The van der Waals surface area contributed by atoms with E-state index in [1.165, 1.54) is 11.3 Å². The summed E-state index contributed by atoms with van der Waals surface area (Å²) >= 11 is 3.13. The van der Waals surface area contributed by atoms with Crippen molar-refractivity contribution in [1.82, 2.24) is 9.88 Å². The summed E-state index contributed by atoms with van der Waals surface area (Å²) in [6, 6.07) is 2.15. The second kappa shape index (κ2) is 5.87. The van der Waals surface area contributed by atoms with Crippen LogP contribution in [0.15, 0.2) is 16.8 Å². The zero-order valence-electron chi connectivity index (χ0n) is 12.3. The molecule has 3 heterocycles. The van der Waals surface area contributed by atoms with Gasteiger partial charge in [0.15, 0.2) is 0 Å². The zero-order valence-corrected chi connectivity index (χ0v) is 14.0. The third-order valence-electron chi connectivity index (χ3n) is 3.63. The molecule has 2 aromatic rings. The molecule has 0 radical (unpaired) electrons. The van der Waals surface area contributed by atoms with Crippen LogP contribution in [0.4, 0.5) is 0 Å². The molecule has 112 valence electrons. The number of amides is 1. The van der Waals surface area contributed by atoms with Crippen LogP contribution >= 0.6 is 22.7 Å². The molecule has 1 aliphatic heterocycles. The average molecular weight is 322 g/mol. The van der Waals surface area contributed by atoms with Crippen molar-refractivity contribution in [3.63, 3.8) is 0 Å². The first kappa shape index (κ1) is 14.7. The topological polar surface area (TPSA) is 42.4 Å². The van der Waals surface area contributed by atoms with Crippen molar-refractivity contribution in [1.29, 1.82) is 0 Å². The molecule has 6 heteroatoms. The molecule has 0 unspecified atom stereocenters. The first-order chi connectivity index (χ1) is 10.1. The highest BCUT2D eigenvalue weighted by Gasteiger charge is 2.30. The predicted molar refractivity (Wildman–Crippen MR) is 86.1 cm³/mol. The Kier molecular flexibility index (Phi) is 4.10. The van der Waals surface area contributed by atoms with Gasteiger partial charge >= 0.3 is 0 Å². The van der Waals surface area contributed by atoms with Crippen molar-refractivity contribution in [2.24, 2.45) is 0 Å². The minimum Gasteiger partial charge on any atom is -0.375 e. The minimum absolute atomic E-state index is 0.0779. The number of thiazole rings is 1. The van der Waals surface area contributed by atoms with Crippen molar-refractivity contribution in [3.8, 4) is 10.6 Å². The lowest BCUT2D eigenvalue weighted by molar-refractivity contribution is -0.0385. The lowest BCUT2D eigenvalue weighted by atomic mass is 10.2. The van der Waals surface area contributed by atoms with E-state index in [1.54, 1.807) is 11.3 Å². The van der Waals surface area contributed by atoms with Gasteiger partial charge in [0.25, 0.3) is 5.91 Å². The van der Waals surface area contributed by atoms with E-state index >= 15 is 0 Å². The van der Waals surface area contributed by atoms with Crippen molar-refractivity contribution < 1.29 is 9.53 Å². The van der Waals surface area contributed by atoms with Crippen molar-refractivity contribution >= 4 is 28.6 Å². The van der Waals surface area contributed by atoms with Crippen LogP contribution in [-0.2, 0) is 4.74 Å². The number of carbonyl (C=O) groups is 1. The maximum absolute atomic E-state index is 12.8. The number of ether oxygens (including phenoxy) is 1. The van der Waals surface area contributed by atoms with E-state index < -0.39 is 0 Å². The van der Waals surface area contributed by atoms with E-state index in [1.807, 2.05) is 37.1 Å². The van der Waals surface area contributed by atoms with E-state index in [0.717, 1.165) is 21.1 Å². The Hall–Kier alpha value is -1.24. The Labute approximate surface area is 132 Å². The van der Waals surface area contributed by atoms with Gasteiger partial charge in [0.1, 0.15) is 9.88 Å². The molecule has 4 nitrogen and oxygen atoms in total. The van der Waals surface area contributed by atoms with Crippen LogP contribution in [-0.4, -0.2) is 41.1 Å². The molecule has 1 saturated heterocycles. The standard InChI is InChI=1S/C15H18N2O2S2/c1-9-7-19-10(2)6-17(9)15(18)13-11(3)16-14(21-13)12-4-5-20-8-12/h4-5,8-10H,6-7H2,1-3H3/t9-,10+/m0/s1. The SMILES string of the molecule is Cc1nc(-c2ccsc2)sc1C(=O)N1C[C@@H](C)OC[C@@H]1C. The number of aryl methyl sites for hydroxylation is 1. The maximum Gasteiger partial charge on any atom is 0.266 e. The number of hydrogen-bond acceptors (Lipinski definition) is 5. The zero-order chi connectivity index (χ0) is 15.0. The molecule has 1 fully saturated rings. The summed E-state index contributed by atoms with van der Waals surface area (Å²) in [4.78, 5) is 20.0. The number of thiophene rings is 1. The fourth-order valence-corrected chi connectivity index (χ4v) is 4.15. The molecule has 0 bridgehead atoms. The van der Waals surface area contributed by atoms with Crippen molar-refractivity contribution in [3.05, 3.63) is 27.4 Å². The van der Waals surface area contributed by atoms with Crippen LogP contribution in [0.3, 0.4) is 0 Å². The summed E-state index contributed by atoms with van der Waals surface area (Å²) in [5, 5.41) is 5.01. The van der Waals surface area contributed by atoms with Gasteiger partial charge in [-0.05, 0) is 32.2 Å². The number of hydrogen-bond donors (Lipinski definition) is 0. The number of carbonyl (C=O) groups excluding carboxylic acids is 1. The molecule has 3 rings (SSSR count). The van der Waals surface area contributed by atoms with Gasteiger partial charge in [0, 0.05) is 17.5 Å². The first-order valence-electron chi connectivity index (χ1n) is 6.99. The molecule has 21 heavy (non-hydrogen) atoms. The number of morpholine rings is 1. The third kappa shape index (κ3) is 2.88. The van der Waals surface area contributed by atoms with Gasteiger partial charge in [-0.2, -0.15) is 11.3 Å². The Balaban J connectivity index is 1.88. The molecule has 2 aromatic heterocycles. The lowest BCUT2D eigenvalue weighted by Crippen LogP contribution is -2.50. The Morgan fingerprint density at radius 3 is 3.00 bits per heavy atom. The molecule has 0 aliphatic carbocycles. The second-order valence-electron chi connectivity index (χ2n) is 5.40. The first-order valence-corrected chi connectivity index (χ1v) is 8.74. The van der Waals surface area contributed by atoms with Crippen LogP contribution in [0, 0.1) is 6.92 Å². The normalized spacial score (nSPS) is 22.5. The summed E-state index contributed by atoms with van der Waals surface area (Å²) in [5.74, 6) is 0.0779. The molecule has 0 N–H and O–H groups in total. The van der Waals surface area contributed by atoms with E-state index in [9.17, 15) is 4.79 Å². The van der Waals surface area contributed by atoms with E-state index in [2.05, 4.69) is 10.4 Å². The summed E-state index contributed by atoms with van der Waals surface area (Å²) in [6.07, 6.45) is 0.0923. The van der Waals surface area contributed by atoms with Gasteiger partial charge in [0.05, 0.1) is 24.4 Å². The minimum atomic E-state index is 0.0779. The van der Waals surface area contributed by atoms with Crippen molar-refractivity contribution in [2.75, 3.05) is 13.2 Å². The molecular weight excluding hydrogens is 304 g/mol. The summed E-state index contributed by atoms with van der Waals surface area (Å²) in [7, 11) is 0. The van der Waals surface area contributed by atoms with Gasteiger partial charge in [-0.15, -0.1) is 11.3 Å².